The summed E-state index contributed by atoms with van der Waals surface area (Å²) < 4.78 is 0. The third-order valence-corrected chi connectivity index (χ3v) is 3.83. The summed E-state index contributed by atoms with van der Waals surface area (Å²) in [6.07, 6.45) is 4.08. The van der Waals surface area contributed by atoms with E-state index in [-0.39, 0.29) is 5.91 Å². The molecule has 1 aromatic carbocycles. The Balaban J connectivity index is 2.08. The number of amides is 2. The van der Waals surface area contributed by atoms with E-state index < -0.39 is 6.04 Å². The minimum Gasteiger partial charge on any atom is -0.347 e. The fraction of sp³-hybridized carbons (Fsp3) is 0.500. The maximum Gasteiger partial charge on any atom is 0.246 e. The van der Waals surface area contributed by atoms with Gasteiger partial charge in [-0.2, -0.15) is 0 Å². The van der Waals surface area contributed by atoms with Crippen molar-refractivity contribution in [2.24, 2.45) is 0 Å². The lowest BCUT2D eigenvalue weighted by atomic mass is 9.98. The minimum absolute atomic E-state index is 0.137. The molecule has 0 bridgehead atoms. The molecule has 1 aliphatic rings. The van der Waals surface area contributed by atoms with Gasteiger partial charge in [-0.3, -0.25) is 9.59 Å². The molecule has 0 saturated carbocycles. The van der Waals surface area contributed by atoms with Gasteiger partial charge in [0.25, 0.3) is 0 Å². The fourth-order valence-corrected chi connectivity index (χ4v) is 2.65. The van der Waals surface area contributed by atoms with Gasteiger partial charge in [0.15, 0.2) is 0 Å². The molecule has 0 aromatic heterocycles. The van der Waals surface area contributed by atoms with Crippen LogP contribution in [0.1, 0.15) is 37.3 Å². The van der Waals surface area contributed by atoms with Gasteiger partial charge in [-0.25, -0.2) is 0 Å². The van der Waals surface area contributed by atoms with Crippen LogP contribution in [0.5, 0.6) is 0 Å². The number of carbonyl (C=O) groups excluding carboxylic acids is 2. The van der Waals surface area contributed by atoms with Gasteiger partial charge in [-0.15, -0.1) is 0 Å². The summed E-state index contributed by atoms with van der Waals surface area (Å²) in [5.74, 6) is -0.137. The van der Waals surface area contributed by atoms with Gasteiger partial charge in [0, 0.05) is 12.2 Å². The third-order valence-electron chi connectivity index (χ3n) is 3.83. The summed E-state index contributed by atoms with van der Waals surface area (Å²) in [4.78, 5) is 23.0. The van der Waals surface area contributed by atoms with Crippen molar-refractivity contribution in [3.63, 3.8) is 0 Å². The van der Waals surface area contributed by atoms with Crippen LogP contribution in [-0.4, -0.2) is 24.9 Å². The quantitative estimate of drug-likeness (QED) is 0.667. The molecule has 0 aliphatic carbocycles. The van der Waals surface area contributed by atoms with E-state index in [0.717, 1.165) is 38.0 Å². The van der Waals surface area contributed by atoms with Crippen LogP contribution in [-0.2, 0) is 22.6 Å². The molecule has 2 rings (SSSR count). The average Bonchev–Trinajstić information content (AvgIpc) is 2.51. The highest BCUT2D eigenvalue weighted by molar-refractivity contribution is 5.96. The molecular weight excluding hydrogens is 266 g/mol. The van der Waals surface area contributed by atoms with Crippen molar-refractivity contribution >= 4 is 18.0 Å². The number of rotatable bonds is 7. The molecule has 1 unspecified atom stereocenters. The molecule has 1 heterocycles. The van der Waals surface area contributed by atoms with Crippen LogP contribution in [0.25, 0.3) is 0 Å². The topological polar surface area (TPSA) is 70.2 Å². The van der Waals surface area contributed by atoms with Crippen LogP contribution in [0.3, 0.4) is 0 Å². The predicted octanol–water partition coefficient (Wildman–Crippen LogP) is 1.58. The van der Waals surface area contributed by atoms with Crippen LogP contribution in [0, 0.1) is 0 Å². The lowest BCUT2D eigenvalue weighted by Crippen LogP contribution is -2.40. The number of hydrogen-bond donors (Lipinski definition) is 3. The molecule has 1 aromatic rings. The fourth-order valence-electron chi connectivity index (χ4n) is 2.65. The Hall–Kier alpha value is -1.88. The Morgan fingerprint density at radius 3 is 3.10 bits per heavy atom. The summed E-state index contributed by atoms with van der Waals surface area (Å²) in [5.41, 5.74) is 3.30. The second-order valence-corrected chi connectivity index (χ2v) is 5.34. The Morgan fingerprint density at radius 2 is 2.33 bits per heavy atom. The van der Waals surface area contributed by atoms with Crippen LogP contribution in [0.15, 0.2) is 18.2 Å². The SMILES string of the molecule is CCCCC(NC=O)C(=O)Nc1cccc2c1CCNC2. The van der Waals surface area contributed by atoms with Crippen molar-refractivity contribution in [2.75, 3.05) is 11.9 Å². The van der Waals surface area contributed by atoms with E-state index >= 15 is 0 Å². The zero-order chi connectivity index (χ0) is 15.1. The number of anilines is 1. The van der Waals surface area contributed by atoms with Crippen molar-refractivity contribution in [3.05, 3.63) is 29.3 Å². The molecule has 0 spiro atoms. The monoisotopic (exact) mass is 289 g/mol. The first kappa shape index (κ1) is 15.5. The van der Waals surface area contributed by atoms with Gasteiger partial charge >= 0.3 is 0 Å². The van der Waals surface area contributed by atoms with E-state index in [0.29, 0.717) is 12.8 Å². The molecule has 0 saturated heterocycles. The second-order valence-electron chi connectivity index (χ2n) is 5.34. The molecule has 1 atom stereocenters. The Labute approximate surface area is 125 Å². The third kappa shape index (κ3) is 4.04. The number of unbranched alkanes of at least 4 members (excludes halogenated alkanes) is 1. The van der Waals surface area contributed by atoms with E-state index in [1.54, 1.807) is 0 Å². The zero-order valence-electron chi connectivity index (χ0n) is 12.4. The van der Waals surface area contributed by atoms with Gasteiger partial charge in [-0.1, -0.05) is 31.9 Å². The first-order chi connectivity index (χ1) is 10.3. The lowest BCUT2D eigenvalue weighted by Gasteiger charge is -2.22. The Morgan fingerprint density at radius 1 is 1.48 bits per heavy atom. The molecule has 0 radical (unpaired) electrons. The van der Waals surface area contributed by atoms with Crippen molar-refractivity contribution < 1.29 is 9.59 Å². The van der Waals surface area contributed by atoms with Crippen LogP contribution in [0.4, 0.5) is 5.69 Å². The smallest absolute Gasteiger partial charge is 0.246 e. The number of carbonyl (C=O) groups is 2. The largest absolute Gasteiger partial charge is 0.347 e. The first-order valence-electron chi connectivity index (χ1n) is 7.58. The van der Waals surface area contributed by atoms with Crippen molar-refractivity contribution in [1.82, 2.24) is 10.6 Å². The van der Waals surface area contributed by atoms with Crippen molar-refractivity contribution in [3.8, 4) is 0 Å². The molecule has 5 nitrogen and oxygen atoms in total. The Kier molecular flexibility index (Phi) is 5.75. The van der Waals surface area contributed by atoms with E-state index in [9.17, 15) is 9.59 Å². The second kappa shape index (κ2) is 7.78. The molecule has 5 heteroatoms. The highest BCUT2D eigenvalue weighted by Crippen LogP contribution is 2.23. The van der Waals surface area contributed by atoms with Gasteiger partial charge in [0.05, 0.1) is 0 Å². The average molecular weight is 289 g/mol. The van der Waals surface area contributed by atoms with Gasteiger partial charge in [0.1, 0.15) is 6.04 Å². The van der Waals surface area contributed by atoms with Crippen molar-refractivity contribution in [1.29, 1.82) is 0 Å². The van der Waals surface area contributed by atoms with Gasteiger partial charge < -0.3 is 16.0 Å². The Bertz CT molecular complexity index is 502. The zero-order valence-corrected chi connectivity index (χ0v) is 12.4. The summed E-state index contributed by atoms with van der Waals surface area (Å²) in [5, 5.41) is 8.91. The van der Waals surface area contributed by atoms with E-state index in [4.69, 9.17) is 0 Å². The summed E-state index contributed by atoms with van der Waals surface area (Å²) >= 11 is 0. The number of benzene rings is 1. The normalized spacial score (nSPS) is 14.9. The van der Waals surface area contributed by atoms with E-state index in [2.05, 4.69) is 28.9 Å². The number of fused-ring (bicyclic) bond motifs is 1. The first-order valence-corrected chi connectivity index (χ1v) is 7.58. The minimum atomic E-state index is -0.458. The van der Waals surface area contributed by atoms with Crippen molar-refractivity contribution in [2.45, 2.75) is 45.2 Å². The summed E-state index contributed by atoms with van der Waals surface area (Å²) in [6, 6.07) is 5.50. The van der Waals surface area contributed by atoms with Gasteiger partial charge in [0.2, 0.25) is 12.3 Å². The molecule has 3 N–H and O–H groups in total. The van der Waals surface area contributed by atoms with Crippen LogP contribution < -0.4 is 16.0 Å². The molecule has 21 heavy (non-hydrogen) atoms. The predicted molar refractivity (Wildman–Crippen MR) is 83.0 cm³/mol. The maximum absolute atomic E-state index is 12.3. The molecule has 1 aliphatic heterocycles. The standard InChI is InChI=1S/C16H23N3O2/c1-2-3-6-15(18-11-20)16(21)19-14-7-4-5-12-10-17-9-8-13(12)14/h4-5,7,11,15,17H,2-3,6,8-10H2,1H3,(H,18,20)(H,19,21). The van der Waals surface area contributed by atoms with E-state index in [1.807, 2.05) is 12.1 Å². The highest BCUT2D eigenvalue weighted by atomic mass is 16.2. The summed E-state index contributed by atoms with van der Waals surface area (Å²) in [7, 11) is 0. The van der Waals surface area contributed by atoms with Crippen LogP contribution >= 0.6 is 0 Å². The molecular formula is C16H23N3O2. The molecule has 0 fully saturated rings. The summed E-state index contributed by atoms with van der Waals surface area (Å²) in [6.45, 7) is 3.83. The van der Waals surface area contributed by atoms with Crippen LogP contribution in [0.2, 0.25) is 0 Å². The molecule has 2 amide bonds. The number of nitrogens with one attached hydrogen (secondary N) is 3. The molecule has 114 valence electrons. The lowest BCUT2D eigenvalue weighted by molar-refractivity contribution is -0.121. The number of hydrogen-bond acceptors (Lipinski definition) is 3. The van der Waals surface area contributed by atoms with E-state index in [1.165, 1.54) is 11.1 Å². The highest BCUT2D eigenvalue weighted by Gasteiger charge is 2.19. The van der Waals surface area contributed by atoms with Gasteiger partial charge in [-0.05, 0) is 36.6 Å². The maximum atomic E-state index is 12.3.